The highest BCUT2D eigenvalue weighted by molar-refractivity contribution is 5.83. The molecule has 2 unspecified atom stereocenters. The fourth-order valence-electron chi connectivity index (χ4n) is 6.24. The Morgan fingerprint density at radius 1 is 0.875 bits per heavy atom. The van der Waals surface area contributed by atoms with Gasteiger partial charge in [-0.05, 0) is 93.0 Å². The largest absolute Gasteiger partial charge is 0.493 e. The van der Waals surface area contributed by atoms with E-state index in [0.29, 0.717) is 24.0 Å². The van der Waals surface area contributed by atoms with E-state index in [1.807, 2.05) is 19.9 Å². The summed E-state index contributed by atoms with van der Waals surface area (Å²) in [5.74, 6) is 3.88. The van der Waals surface area contributed by atoms with E-state index in [1.54, 1.807) is 19.9 Å². The van der Waals surface area contributed by atoms with Gasteiger partial charge < -0.3 is 9.53 Å². The van der Waals surface area contributed by atoms with E-state index < -0.39 is 0 Å². The average molecular weight is 669 g/mol. The Balaban J connectivity index is 0.000000811. The summed E-state index contributed by atoms with van der Waals surface area (Å²) in [4.78, 5) is 22.2. The van der Waals surface area contributed by atoms with Crippen LogP contribution in [-0.2, 0) is 16.0 Å². The number of benzene rings is 2. The van der Waals surface area contributed by atoms with Crippen LogP contribution >= 0.6 is 0 Å². The average Bonchev–Trinajstić information content (AvgIpc) is 3.51. The lowest BCUT2D eigenvalue weighted by Gasteiger charge is -2.23. The van der Waals surface area contributed by atoms with Gasteiger partial charge in [0.05, 0.1) is 6.61 Å². The first-order valence-electron chi connectivity index (χ1n) is 19.2. The quantitative estimate of drug-likeness (QED) is 0.179. The molecule has 0 aliphatic carbocycles. The van der Waals surface area contributed by atoms with Gasteiger partial charge in [0.15, 0.2) is 0 Å². The summed E-state index contributed by atoms with van der Waals surface area (Å²) in [5.41, 5.74) is 4.51. The van der Waals surface area contributed by atoms with Crippen LogP contribution < -0.4 is 4.74 Å². The summed E-state index contributed by atoms with van der Waals surface area (Å²) < 4.78 is 18.1. The van der Waals surface area contributed by atoms with Crippen LogP contribution in [-0.4, -0.2) is 18.2 Å². The van der Waals surface area contributed by atoms with Crippen molar-refractivity contribution in [1.82, 2.24) is 0 Å². The van der Waals surface area contributed by atoms with Crippen LogP contribution in [0.1, 0.15) is 174 Å². The Bertz CT molecular complexity index is 1160. The van der Waals surface area contributed by atoms with Gasteiger partial charge in [0.25, 0.3) is 0 Å². The molecular weight excluding hydrogens is 595 g/mol. The van der Waals surface area contributed by atoms with Crippen molar-refractivity contribution in [3.05, 3.63) is 64.5 Å². The van der Waals surface area contributed by atoms with Gasteiger partial charge in [-0.1, -0.05) is 131 Å². The molecule has 48 heavy (non-hydrogen) atoms. The SMILES string of the molecule is CCC(C)=O.CCCC(C)(C)C(=O)CCCC(C)CC(CC)c1ccc2c(c1)CCO2.CCCC(C)CCC.Cc1ccc(F)c(C)c1. The first kappa shape index (κ1) is 45.5. The number of Topliss-reactive ketones (excluding diaryl/α,β-unsaturated/α-hetero) is 2. The minimum absolute atomic E-state index is 0.124. The summed E-state index contributed by atoms with van der Waals surface area (Å²) in [7, 11) is 0. The van der Waals surface area contributed by atoms with E-state index >= 15 is 0 Å². The fraction of sp³-hybridized carbons (Fsp3) is 0.682. The van der Waals surface area contributed by atoms with E-state index in [9.17, 15) is 14.0 Å². The van der Waals surface area contributed by atoms with Crippen LogP contribution in [0.3, 0.4) is 0 Å². The summed E-state index contributed by atoms with van der Waals surface area (Å²) in [6, 6.07) is 11.9. The molecule has 0 aromatic heterocycles. The van der Waals surface area contributed by atoms with Gasteiger partial charge in [0.2, 0.25) is 0 Å². The fourth-order valence-corrected chi connectivity index (χ4v) is 6.24. The first-order valence-corrected chi connectivity index (χ1v) is 19.2. The van der Waals surface area contributed by atoms with Gasteiger partial charge in [-0.2, -0.15) is 0 Å². The molecule has 2 aromatic carbocycles. The lowest BCUT2D eigenvalue weighted by atomic mass is 9.80. The monoisotopic (exact) mass is 669 g/mol. The van der Waals surface area contributed by atoms with E-state index in [0.717, 1.165) is 67.9 Å². The molecule has 2 aromatic rings. The van der Waals surface area contributed by atoms with Crippen molar-refractivity contribution in [2.75, 3.05) is 6.61 Å². The number of ketones is 2. The molecule has 0 radical (unpaired) electrons. The van der Waals surface area contributed by atoms with Crippen LogP contribution in [0.25, 0.3) is 0 Å². The smallest absolute Gasteiger partial charge is 0.138 e. The minimum Gasteiger partial charge on any atom is -0.493 e. The van der Waals surface area contributed by atoms with Gasteiger partial charge in [0.1, 0.15) is 23.1 Å². The first-order chi connectivity index (χ1) is 22.6. The molecule has 0 amide bonds. The normalized spacial score (nSPS) is 13.0. The summed E-state index contributed by atoms with van der Waals surface area (Å²) in [5, 5.41) is 0. The number of carbonyl (C=O) groups excluding carboxylic acids is 2. The van der Waals surface area contributed by atoms with Crippen molar-refractivity contribution in [3.63, 3.8) is 0 Å². The number of hydrogen-bond donors (Lipinski definition) is 0. The molecule has 0 saturated carbocycles. The van der Waals surface area contributed by atoms with Crippen molar-refractivity contribution in [1.29, 1.82) is 0 Å². The van der Waals surface area contributed by atoms with E-state index in [2.05, 4.69) is 73.6 Å². The maximum Gasteiger partial charge on any atom is 0.138 e. The van der Waals surface area contributed by atoms with Crippen molar-refractivity contribution in [2.45, 2.75) is 172 Å². The predicted octanol–water partition coefficient (Wildman–Crippen LogP) is 13.4. The number of fused-ring (bicyclic) bond motifs is 1. The second-order valence-electron chi connectivity index (χ2n) is 14.9. The number of carbonyl (C=O) groups is 2. The Morgan fingerprint density at radius 3 is 2.00 bits per heavy atom. The molecule has 2 atom stereocenters. The third kappa shape index (κ3) is 19.5. The van der Waals surface area contributed by atoms with Crippen LogP contribution in [0.2, 0.25) is 0 Å². The zero-order valence-electron chi connectivity index (χ0n) is 33.2. The molecule has 3 rings (SSSR count). The second-order valence-corrected chi connectivity index (χ2v) is 14.9. The van der Waals surface area contributed by atoms with Crippen LogP contribution in [0.4, 0.5) is 4.39 Å². The number of ether oxygens (including phenoxy) is 1. The summed E-state index contributed by atoms with van der Waals surface area (Å²) in [6.07, 6.45) is 14.6. The van der Waals surface area contributed by atoms with E-state index in [4.69, 9.17) is 4.74 Å². The number of halogens is 1. The molecule has 0 bridgehead atoms. The highest BCUT2D eigenvalue weighted by atomic mass is 19.1. The van der Waals surface area contributed by atoms with Crippen LogP contribution in [0.5, 0.6) is 5.75 Å². The Labute approximate surface area is 296 Å². The molecule has 0 spiro atoms. The third-order valence-electron chi connectivity index (χ3n) is 9.47. The number of hydrogen-bond acceptors (Lipinski definition) is 3. The highest BCUT2D eigenvalue weighted by Gasteiger charge is 2.26. The van der Waals surface area contributed by atoms with Gasteiger partial charge in [0, 0.05) is 24.7 Å². The molecule has 0 saturated heterocycles. The highest BCUT2D eigenvalue weighted by Crippen LogP contribution is 2.34. The number of aryl methyl sites for hydroxylation is 2. The zero-order chi connectivity index (χ0) is 36.7. The van der Waals surface area contributed by atoms with Gasteiger partial charge in [-0.3, -0.25) is 4.79 Å². The second kappa shape index (κ2) is 25.5. The van der Waals surface area contributed by atoms with Crippen LogP contribution in [0.15, 0.2) is 36.4 Å². The molecule has 1 heterocycles. The standard InChI is InChI=1S/C24H38O2.C8H9F.C8H18.C4H8O/c1-6-14-24(4,5)23(25)10-8-9-18(3)16-19(7-2)20-11-12-22-21(17-20)13-15-26-22;1-6-3-4-8(9)7(2)5-6;1-4-6-8(3)7-5-2;1-3-4(2)5/h11-12,17-19H,6-10,13-16H2,1-5H3;3-5H,1-2H3;8H,4-7H2,1-3H3;3H2,1-2H3. The van der Waals surface area contributed by atoms with Crippen molar-refractivity contribution < 1.29 is 18.7 Å². The lowest BCUT2D eigenvalue weighted by molar-refractivity contribution is -0.127. The van der Waals surface area contributed by atoms with Gasteiger partial charge in [-0.15, -0.1) is 0 Å². The molecule has 0 N–H and O–H groups in total. The van der Waals surface area contributed by atoms with Crippen molar-refractivity contribution in [2.24, 2.45) is 17.3 Å². The van der Waals surface area contributed by atoms with Crippen LogP contribution in [0, 0.1) is 36.9 Å². The molecule has 1 aliphatic heterocycles. The summed E-state index contributed by atoms with van der Waals surface area (Å²) in [6.45, 7) is 25.8. The zero-order valence-corrected chi connectivity index (χ0v) is 33.2. The van der Waals surface area contributed by atoms with E-state index in [-0.39, 0.29) is 17.0 Å². The molecule has 0 fully saturated rings. The topological polar surface area (TPSA) is 43.4 Å². The van der Waals surface area contributed by atoms with Crippen molar-refractivity contribution in [3.8, 4) is 5.75 Å². The molecule has 3 nitrogen and oxygen atoms in total. The van der Waals surface area contributed by atoms with E-state index in [1.165, 1.54) is 55.7 Å². The van der Waals surface area contributed by atoms with Crippen molar-refractivity contribution >= 4 is 11.6 Å². The van der Waals surface area contributed by atoms with Gasteiger partial charge in [-0.25, -0.2) is 4.39 Å². The maximum absolute atomic E-state index is 12.5. The molecule has 1 aliphatic rings. The Hall–Kier alpha value is -2.49. The van der Waals surface area contributed by atoms with Gasteiger partial charge >= 0.3 is 0 Å². The third-order valence-corrected chi connectivity index (χ3v) is 9.47. The number of rotatable bonds is 16. The maximum atomic E-state index is 12.5. The Morgan fingerprint density at radius 2 is 1.50 bits per heavy atom. The lowest BCUT2D eigenvalue weighted by Crippen LogP contribution is -2.23. The molecule has 4 heteroatoms. The minimum atomic E-state index is -0.142. The molecular formula is C44H73FO3. The predicted molar refractivity (Wildman–Crippen MR) is 206 cm³/mol. The Kier molecular flexibility index (Phi) is 24.2. The summed E-state index contributed by atoms with van der Waals surface area (Å²) >= 11 is 0. The molecule has 274 valence electrons.